The van der Waals surface area contributed by atoms with E-state index in [4.69, 9.17) is 32.7 Å². The Morgan fingerprint density at radius 2 is 2.03 bits per heavy atom. The molecule has 0 bridgehead atoms. The molecule has 1 aromatic heterocycles. The summed E-state index contributed by atoms with van der Waals surface area (Å²) in [5.41, 5.74) is 0.595. The zero-order valence-corrected chi connectivity index (χ0v) is 18.1. The van der Waals surface area contributed by atoms with E-state index >= 15 is 0 Å². The second kappa shape index (κ2) is 9.29. The summed E-state index contributed by atoms with van der Waals surface area (Å²) in [5, 5.41) is 16.9. The smallest absolute Gasteiger partial charge is 0.286 e. The van der Waals surface area contributed by atoms with Gasteiger partial charge in [-0.25, -0.2) is 4.98 Å². The van der Waals surface area contributed by atoms with Gasteiger partial charge in [-0.1, -0.05) is 23.2 Å². The molecule has 0 radical (unpaired) electrons. The largest absolute Gasteiger partial charge is 0.493 e. The average molecular weight is 468 g/mol. The van der Waals surface area contributed by atoms with E-state index in [9.17, 15) is 14.9 Å². The van der Waals surface area contributed by atoms with Crippen LogP contribution in [0.2, 0.25) is 10.0 Å². The summed E-state index contributed by atoms with van der Waals surface area (Å²) in [4.78, 5) is 27.9. The number of anilines is 1. The summed E-state index contributed by atoms with van der Waals surface area (Å²) in [6.45, 7) is 2.02. The van der Waals surface area contributed by atoms with E-state index in [-0.39, 0.29) is 28.8 Å². The van der Waals surface area contributed by atoms with E-state index in [1.807, 2.05) is 0 Å². The second-order valence-electron chi connectivity index (χ2n) is 5.83. The van der Waals surface area contributed by atoms with Crippen molar-refractivity contribution in [1.29, 1.82) is 0 Å². The van der Waals surface area contributed by atoms with Gasteiger partial charge in [0.25, 0.3) is 11.6 Å². The van der Waals surface area contributed by atoms with Crippen molar-refractivity contribution >= 4 is 51.3 Å². The third-order valence-electron chi connectivity index (χ3n) is 3.95. The fourth-order valence-electron chi connectivity index (χ4n) is 2.63. The Morgan fingerprint density at radius 1 is 1.27 bits per heavy atom. The third-order valence-corrected chi connectivity index (χ3v) is 5.26. The first-order valence-electron chi connectivity index (χ1n) is 8.55. The van der Waals surface area contributed by atoms with Crippen molar-refractivity contribution in [3.05, 3.63) is 61.4 Å². The lowest BCUT2D eigenvalue weighted by atomic mass is 10.1. The summed E-state index contributed by atoms with van der Waals surface area (Å²) < 4.78 is 10.5. The molecule has 1 N–H and O–H groups in total. The Bertz CT molecular complexity index is 1120. The molecule has 0 aliphatic carbocycles. The number of rotatable bonds is 7. The SMILES string of the molecule is CCOc1cc([N+](=O)[O-])c(C(=O)Nc2nc(-c3ccc(Cl)cc3Cl)cs2)cc1OC. The topological polar surface area (TPSA) is 104 Å². The molecule has 156 valence electrons. The number of amides is 1. The molecule has 0 atom stereocenters. The van der Waals surface area contributed by atoms with Gasteiger partial charge in [0, 0.05) is 22.0 Å². The quantitative estimate of drug-likeness (QED) is 0.353. The minimum atomic E-state index is -0.703. The van der Waals surface area contributed by atoms with Crippen molar-refractivity contribution in [2.45, 2.75) is 6.92 Å². The Hall–Kier alpha value is -2.88. The minimum Gasteiger partial charge on any atom is -0.493 e. The van der Waals surface area contributed by atoms with E-state index in [0.29, 0.717) is 21.3 Å². The molecule has 3 rings (SSSR count). The zero-order valence-electron chi connectivity index (χ0n) is 15.8. The molecular weight excluding hydrogens is 453 g/mol. The molecule has 0 saturated heterocycles. The molecule has 11 heteroatoms. The van der Waals surface area contributed by atoms with E-state index in [1.54, 1.807) is 30.5 Å². The number of benzene rings is 2. The van der Waals surface area contributed by atoms with Crippen LogP contribution in [0, 0.1) is 10.1 Å². The van der Waals surface area contributed by atoms with Crippen LogP contribution in [0.25, 0.3) is 11.3 Å². The average Bonchev–Trinajstić information content (AvgIpc) is 3.15. The van der Waals surface area contributed by atoms with E-state index in [1.165, 1.54) is 13.2 Å². The first-order valence-corrected chi connectivity index (χ1v) is 10.2. The highest BCUT2D eigenvalue weighted by atomic mass is 35.5. The lowest BCUT2D eigenvalue weighted by Gasteiger charge is -2.11. The Kier molecular flexibility index (Phi) is 6.76. The number of nitro benzene ring substituents is 1. The van der Waals surface area contributed by atoms with Crippen molar-refractivity contribution in [2.24, 2.45) is 0 Å². The van der Waals surface area contributed by atoms with Gasteiger partial charge in [0.2, 0.25) is 0 Å². The minimum absolute atomic E-state index is 0.178. The summed E-state index contributed by atoms with van der Waals surface area (Å²) >= 11 is 13.3. The van der Waals surface area contributed by atoms with Gasteiger partial charge in [-0.3, -0.25) is 20.2 Å². The fourth-order valence-corrected chi connectivity index (χ4v) is 3.84. The fraction of sp³-hybridized carbons (Fsp3) is 0.158. The highest BCUT2D eigenvalue weighted by Gasteiger charge is 2.25. The Morgan fingerprint density at radius 3 is 2.67 bits per heavy atom. The molecule has 8 nitrogen and oxygen atoms in total. The predicted molar refractivity (Wildman–Crippen MR) is 116 cm³/mol. The predicted octanol–water partition coefficient (Wildman–Crippen LogP) is 5.68. The number of carbonyl (C=O) groups excluding carboxylic acids is 1. The van der Waals surface area contributed by atoms with Crippen molar-refractivity contribution in [2.75, 3.05) is 19.0 Å². The van der Waals surface area contributed by atoms with Crippen LogP contribution in [0.3, 0.4) is 0 Å². The van der Waals surface area contributed by atoms with Crippen LogP contribution in [0.15, 0.2) is 35.7 Å². The molecule has 0 fully saturated rings. The maximum atomic E-state index is 12.7. The zero-order chi connectivity index (χ0) is 21.8. The van der Waals surface area contributed by atoms with Gasteiger partial charge in [-0.15, -0.1) is 11.3 Å². The Labute approximate surface area is 185 Å². The monoisotopic (exact) mass is 467 g/mol. The molecule has 3 aromatic rings. The van der Waals surface area contributed by atoms with Crippen molar-refractivity contribution in [3.63, 3.8) is 0 Å². The number of nitrogens with one attached hydrogen (secondary N) is 1. The molecule has 0 aliphatic rings. The Balaban J connectivity index is 1.91. The van der Waals surface area contributed by atoms with Gasteiger partial charge in [0.1, 0.15) is 5.56 Å². The third kappa shape index (κ3) is 4.64. The summed E-state index contributed by atoms with van der Waals surface area (Å²) in [6.07, 6.45) is 0. The van der Waals surface area contributed by atoms with Gasteiger partial charge in [0.05, 0.1) is 35.4 Å². The first kappa shape index (κ1) is 21.8. The lowest BCUT2D eigenvalue weighted by molar-refractivity contribution is -0.385. The number of nitro groups is 1. The van der Waals surface area contributed by atoms with E-state index in [2.05, 4.69) is 10.3 Å². The molecule has 0 unspecified atom stereocenters. The normalized spacial score (nSPS) is 10.5. The molecule has 1 amide bonds. The molecule has 1 heterocycles. The van der Waals surface area contributed by atoms with Gasteiger partial charge in [0.15, 0.2) is 16.6 Å². The van der Waals surface area contributed by atoms with Crippen LogP contribution in [0.4, 0.5) is 10.8 Å². The number of halogens is 2. The number of nitrogens with zero attached hydrogens (tertiary/aromatic N) is 2. The number of hydrogen-bond donors (Lipinski definition) is 1. The van der Waals surface area contributed by atoms with Crippen LogP contribution in [-0.2, 0) is 0 Å². The van der Waals surface area contributed by atoms with Gasteiger partial charge < -0.3 is 9.47 Å². The summed E-state index contributed by atoms with van der Waals surface area (Å²) in [6, 6.07) is 7.41. The van der Waals surface area contributed by atoms with Gasteiger partial charge in [-0.05, 0) is 25.1 Å². The maximum absolute atomic E-state index is 12.7. The van der Waals surface area contributed by atoms with E-state index in [0.717, 1.165) is 17.4 Å². The molecule has 0 saturated carbocycles. The highest BCUT2D eigenvalue weighted by molar-refractivity contribution is 7.14. The number of hydrogen-bond acceptors (Lipinski definition) is 7. The van der Waals surface area contributed by atoms with Crippen molar-refractivity contribution in [1.82, 2.24) is 4.98 Å². The van der Waals surface area contributed by atoms with Crippen molar-refractivity contribution < 1.29 is 19.2 Å². The molecule has 30 heavy (non-hydrogen) atoms. The summed E-state index contributed by atoms with van der Waals surface area (Å²) in [7, 11) is 1.38. The standard InChI is InChI=1S/C19H15Cl2N3O5S/c1-3-29-17-8-15(24(26)27)12(7-16(17)28-2)18(25)23-19-22-14(9-30-19)11-5-4-10(20)6-13(11)21/h4-9H,3H2,1-2H3,(H,22,23,25). The summed E-state index contributed by atoms with van der Waals surface area (Å²) in [5.74, 6) is -0.316. The maximum Gasteiger partial charge on any atom is 0.286 e. The molecule has 0 aliphatic heterocycles. The van der Waals surface area contributed by atoms with Crippen molar-refractivity contribution in [3.8, 4) is 22.8 Å². The molecule has 2 aromatic carbocycles. The lowest BCUT2D eigenvalue weighted by Crippen LogP contribution is -2.14. The number of carbonyl (C=O) groups is 1. The van der Waals surface area contributed by atoms with Crippen LogP contribution in [-0.4, -0.2) is 29.5 Å². The molecule has 0 spiro atoms. The van der Waals surface area contributed by atoms with Crippen LogP contribution in [0.5, 0.6) is 11.5 Å². The van der Waals surface area contributed by atoms with Gasteiger partial charge >= 0.3 is 0 Å². The number of aromatic nitrogens is 1. The number of thiazole rings is 1. The second-order valence-corrected chi connectivity index (χ2v) is 7.53. The highest BCUT2D eigenvalue weighted by Crippen LogP contribution is 2.36. The first-order chi connectivity index (χ1) is 14.3. The van der Waals surface area contributed by atoms with Crippen LogP contribution < -0.4 is 14.8 Å². The molecular formula is C19H15Cl2N3O5S. The number of ether oxygens (including phenoxy) is 2. The van der Waals surface area contributed by atoms with Gasteiger partial charge in [-0.2, -0.15) is 0 Å². The number of methoxy groups -OCH3 is 1. The van der Waals surface area contributed by atoms with Crippen LogP contribution in [0.1, 0.15) is 17.3 Å². The van der Waals surface area contributed by atoms with E-state index < -0.39 is 16.5 Å². The van der Waals surface area contributed by atoms with Crippen LogP contribution >= 0.6 is 34.5 Å².